The van der Waals surface area contributed by atoms with E-state index in [2.05, 4.69) is 23.5 Å². The molecule has 4 N–H and O–H groups in total. The number of fused-ring (bicyclic) bond motifs is 7. The number of methoxy groups -OCH3 is 1. The van der Waals surface area contributed by atoms with Crippen LogP contribution in [0.3, 0.4) is 0 Å². The van der Waals surface area contributed by atoms with Gasteiger partial charge in [0.25, 0.3) is 0 Å². The van der Waals surface area contributed by atoms with E-state index < -0.39 is 76.6 Å². The van der Waals surface area contributed by atoms with Gasteiger partial charge in [-0.1, -0.05) is 117 Å². The molecule has 10 rings (SSSR count). The fraction of sp³-hybridized carbons (Fsp3) is 0.434. The van der Waals surface area contributed by atoms with Crippen LogP contribution < -0.4 is 15.0 Å². The van der Waals surface area contributed by atoms with E-state index in [1.54, 1.807) is 66.7 Å². The predicted octanol–water partition coefficient (Wildman–Crippen LogP) is 5.93. The van der Waals surface area contributed by atoms with E-state index in [-0.39, 0.29) is 44.2 Å². The Hall–Kier alpha value is -5.90. The molecular weight excluding hydrogens is 855 g/mol. The molecule has 67 heavy (non-hydrogen) atoms. The quantitative estimate of drug-likeness (QED) is 0.0957. The van der Waals surface area contributed by atoms with Crippen molar-refractivity contribution in [2.24, 2.45) is 11.3 Å². The number of aliphatic hydroxyl groups excluding tert-OH is 2. The molecule has 7 aliphatic rings. The maximum atomic E-state index is 16.5. The average molecular weight is 912 g/mol. The highest BCUT2D eigenvalue weighted by molar-refractivity contribution is 6.23. The van der Waals surface area contributed by atoms with Crippen molar-refractivity contribution in [2.45, 2.75) is 92.7 Å². The van der Waals surface area contributed by atoms with E-state index >= 15 is 14.4 Å². The van der Waals surface area contributed by atoms with Crippen LogP contribution in [0.2, 0.25) is 0 Å². The van der Waals surface area contributed by atoms with Crippen molar-refractivity contribution >= 4 is 29.6 Å². The molecule has 8 atom stereocenters. The second-order valence-corrected chi connectivity index (χ2v) is 18.7. The number of esters is 1. The number of allylic oxidation sites excluding steroid dienone is 6. The smallest absolute Gasteiger partial charge is 0.421 e. The number of imide groups is 1. The van der Waals surface area contributed by atoms with Crippen molar-refractivity contribution in [1.29, 1.82) is 0 Å². The molecule has 3 aromatic rings. The zero-order valence-corrected chi connectivity index (χ0v) is 37.6. The Morgan fingerprint density at radius 1 is 0.881 bits per heavy atom. The van der Waals surface area contributed by atoms with Crippen LogP contribution in [0.25, 0.3) is 0 Å². The third-order valence-electron chi connectivity index (χ3n) is 15.3. The van der Waals surface area contributed by atoms with E-state index in [9.17, 15) is 20.1 Å². The summed E-state index contributed by atoms with van der Waals surface area (Å²) >= 11 is 0. The molecule has 14 heteroatoms. The Morgan fingerprint density at radius 2 is 1.60 bits per heavy atom. The number of para-hydroxylation sites is 1. The molecule has 350 valence electrons. The van der Waals surface area contributed by atoms with Crippen molar-refractivity contribution in [3.05, 3.63) is 143 Å². The number of ether oxygens (including phenoxy) is 4. The molecular formula is C53H57N3O11. The second-order valence-electron chi connectivity index (χ2n) is 18.7. The van der Waals surface area contributed by atoms with Crippen molar-refractivity contribution in [3.8, 4) is 5.75 Å². The van der Waals surface area contributed by atoms with Gasteiger partial charge in [-0.3, -0.25) is 19.3 Å². The Balaban J connectivity index is 1.26. The van der Waals surface area contributed by atoms with Gasteiger partial charge in [-0.25, -0.2) is 9.69 Å². The van der Waals surface area contributed by atoms with Gasteiger partial charge in [0, 0.05) is 24.6 Å². The summed E-state index contributed by atoms with van der Waals surface area (Å²) in [6.45, 7) is -0.834. The number of anilines is 1. The topological polar surface area (TPSA) is 184 Å². The first-order chi connectivity index (χ1) is 32.6. The van der Waals surface area contributed by atoms with E-state index in [1.807, 2.05) is 29.2 Å². The van der Waals surface area contributed by atoms with Crippen LogP contribution in [-0.4, -0.2) is 102 Å². The van der Waals surface area contributed by atoms with Crippen molar-refractivity contribution in [2.75, 3.05) is 45.0 Å². The maximum Gasteiger partial charge on any atom is 0.421 e. The molecule has 2 saturated carbocycles. The first-order valence-corrected chi connectivity index (χ1v) is 23.5. The van der Waals surface area contributed by atoms with Crippen LogP contribution in [0.15, 0.2) is 120 Å². The third kappa shape index (κ3) is 7.09. The number of carbonyl (C=O) groups excluding carboxylic acids is 4. The summed E-state index contributed by atoms with van der Waals surface area (Å²) in [4.78, 5) is 65.3. The Bertz CT molecular complexity index is 2560. The molecule has 0 aromatic heterocycles. The fourth-order valence-electron chi connectivity index (χ4n) is 12.5. The van der Waals surface area contributed by atoms with Gasteiger partial charge in [-0.2, -0.15) is 0 Å². The molecule has 1 unspecified atom stereocenters. The van der Waals surface area contributed by atoms with E-state index in [0.717, 1.165) is 41.7 Å². The highest BCUT2D eigenvalue weighted by Crippen LogP contribution is 2.68. The number of nitrogens with one attached hydrogen (secondary N) is 1. The molecule has 3 heterocycles. The van der Waals surface area contributed by atoms with Gasteiger partial charge in [0.2, 0.25) is 11.8 Å². The Labute approximate surface area is 389 Å². The van der Waals surface area contributed by atoms with Gasteiger partial charge in [-0.05, 0) is 71.7 Å². The number of morpholine rings is 1. The number of hydrogen-bond acceptors (Lipinski definition) is 12. The van der Waals surface area contributed by atoms with E-state index in [4.69, 9.17) is 18.9 Å². The molecule has 3 aliphatic heterocycles. The first-order valence-electron chi connectivity index (χ1n) is 23.5. The van der Waals surface area contributed by atoms with Crippen LogP contribution >= 0.6 is 0 Å². The first kappa shape index (κ1) is 44.9. The third-order valence-corrected chi connectivity index (χ3v) is 15.3. The lowest BCUT2D eigenvalue weighted by molar-refractivity contribution is -0.169. The molecule has 2 spiro atoms. The summed E-state index contributed by atoms with van der Waals surface area (Å²) in [5.41, 5.74) is -0.206. The number of benzene rings is 3. The van der Waals surface area contributed by atoms with Gasteiger partial charge in [0.15, 0.2) is 0 Å². The summed E-state index contributed by atoms with van der Waals surface area (Å²) in [7, 11) is 1.46. The number of nitrogens with zero attached hydrogens (tertiary/aromatic N) is 2. The standard InChI is InChI=1S/C53H57N3O11/c1-64-29-30-66-50(62)55-39-22-21-34(52(63)25-11-2-3-12-26-52)31-38(39)53(49(55)61)42(47(59)54-32-40(58)33-15-5-4-6-16-33)44-48(60)67-45-37-19-10-14-24-51(37)23-13-9-18-36(51)43(45)56(44)46(53)35-17-7-8-20-41(35)65-28-27-57/h4-10,13-22,31,40,42-46,57-58,63H,2-3,11-12,23-30,32H2,1H3,(H,54,59)/t40-,42-,43-,44-,45+,46+,51?,53-/m0/s1. The molecule has 3 aromatic carbocycles. The summed E-state index contributed by atoms with van der Waals surface area (Å²) in [5.74, 6) is -3.58. The number of rotatable bonds is 12. The monoisotopic (exact) mass is 911 g/mol. The zero-order chi connectivity index (χ0) is 46.5. The minimum atomic E-state index is -2.12. The minimum absolute atomic E-state index is 0.0471. The van der Waals surface area contributed by atoms with Gasteiger partial charge < -0.3 is 39.6 Å². The van der Waals surface area contributed by atoms with Crippen LogP contribution in [0, 0.1) is 11.3 Å². The molecule has 4 fully saturated rings. The van der Waals surface area contributed by atoms with Crippen molar-refractivity contribution in [1.82, 2.24) is 10.2 Å². The van der Waals surface area contributed by atoms with Crippen LogP contribution in [0.4, 0.5) is 10.5 Å². The van der Waals surface area contributed by atoms with Gasteiger partial charge in [0.05, 0.1) is 48.6 Å². The summed E-state index contributed by atoms with van der Waals surface area (Å²) in [5, 5.41) is 37.1. The summed E-state index contributed by atoms with van der Waals surface area (Å²) in [6, 6.07) is 17.7. The molecule has 4 aliphatic carbocycles. The Kier molecular flexibility index (Phi) is 12.0. The van der Waals surface area contributed by atoms with E-state index in [1.165, 1.54) is 7.11 Å². The maximum absolute atomic E-state index is 16.5. The number of hydrogen-bond donors (Lipinski definition) is 4. The van der Waals surface area contributed by atoms with Gasteiger partial charge in [0.1, 0.15) is 36.5 Å². The number of aliphatic hydroxyl groups is 3. The fourth-order valence-corrected chi connectivity index (χ4v) is 12.5. The minimum Gasteiger partial charge on any atom is -0.491 e. The van der Waals surface area contributed by atoms with Gasteiger partial charge >= 0.3 is 12.1 Å². The highest BCUT2D eigenvalue weighted by atomic mass is 16.6. The summed E-state index contributed by atoms with van der Waals surface area (Å²) < 4.78 is 23.9. The second kappa shape index (κ2) is 18.0. The SMILES string of the molecule is COCCOC(=O)N1C(=O)[C@@]2(c3cc(C4(O)CCCCCC4)ccc31)[C@H](C(=O)NC[C@H](O)c1ccccc1)[C@H]1C(=O)O[C@@H]3C4=CC=CCC45CC=CC=C5[C@@H]3N1[C@@H]2c1ccccc1OCCO. The van der Waals surface area contributed by atoms with Crippen LogP contribution in [0.5, 0.6) is 5.75 Å². The molecule has 3 amide bonds. The van der Waals surface area contributed by atoms with E-state index in [0.29, 0.717) is 48.1 Å². The lowest BCUT2D eigenvalue weighted by Crippen LogP contribution is -2.59. The van der Waals surface area contributed by atoms with Gasteiger partial charge in [-0.15, -0.1) is 0 Å². The summed E-state index contributed by atoms with van der Waals surface area (Å²) in [6.07, 6.45) is 14.9. The predicted molar refractivity (Wildman–Crippen MR) is 246 cm³/mol. The lowest BCUT2D eigenvalue weighted by Gasteiger charge is -2.44. The average Bonchev–Trinajstić information content (AvgIpc) is 3.83. The van der Waals surface area contributed by atoms with Crippen LogP contribution in [0.1, 0.15) is 85.8 Å². The van der Waals surface area contributed by atoms with Crippen molar-refractivity contribution < 1.29 is 53.4 Å². The van der Waals surface area contributed by atoms with Crippen LogP contribution in [-0.2, 0) is 39.6 Å². The molecule has 0 radical (unpaired) electrons. The number of amides is 3. The highest BCUT2D eigenvalue weighted by Gasteiger charge is 2.78. The van der Waals surface area contributed by atoms with Crippen molar-refractivity contribution in [3.63, 3.8) is 0 Å². The largest absolute Gasteiger partial charge is 0.491 e. The number of carbonyl (C=O) groups is 4. The normalized spacial score (nSPS) is 29.4. The molecule has 0 bridgehead atoms. The molecule has 2 saturated heterocycles. The Morgan fingerprint density at radius 3 is 2.33 bits per heavy atom. The zero-order valence-electron chi connectivity index (χ0n) is 37.6. The lowest BCUT2D eigenvalue weighted by atomic mass is 9.64. The molecule has 14 nitrogen and oxygen atoms in total.